The normalized spacial score (nSPS) is 19.3. The van der Waals surface area contributed by atoms with Crippen molar-refractivity contribution in [3.8, 4) is 11.4 Å². The number of nitrogens with zero attached hydrogens (tertiary/aromatic N) is 4. The molecule has 1 unspecified atom stereocenters. The first kappa shape index (κ1) is 27.1. The van der Waals surface area contributed by atoms with Crippen LogP contribution in [0.5, 0.6) is 0 Å². The zero-order chi connectivity index (χ0) is 26.3. The van der Waals surface area contributed by atoms with E-state index in [0.717, 1.165) is 31.5 Å². The fraction of sp³-hybridized carbons (Fsp3) is 0.483. The second kappa shape index (κ2) is 13.1. The Balaban J connectivity index is 1.12. The maximum absolute atomic E-state index is 13.0. The van der Waals surface area contributed by atoms with E-state index in [2.05, 4.69) is 49.5 Å². The molecular formula is C29H35Cl2N5O2. The highest BCUT2D eigenvalue weighted by molar-refractivity contribution is 6.36. The Morgan fingerprint density at radius 2 is 1.74 bits per heavy atom. The Bertz CT molecular complexity index is 1230. The first-order valence-corrected chi connectivity index (χ1v) is 14.4. The number of rotatable bonds is 8. The van der Waals surface area contributed by atoms with Crippen molar-refractivity contribution >= 4 is 29.1 Å². The lowest BCUT2D eigenvalue weighted by Crippen LogP contribution is -2.42. The molecule has 3 heterocycles. The third-order valence-electron chi connectivity index (χ3n) is 7.44. The van der Waals surface area contributed by atoms with Gasteiger partial charge in [0.2, 0.25) is 17.6 Å². The van der Waals surface area contributed by atoms with Crippen molar-refractivity contribution in [2.24, 2.45) is 5.92 Å². The van der Waals surface area contributed by atoms with E-state index in [0.29, 0.717) is 47.0 Å². The lowest BCUT2D eigenvalue weighted by atomic mass is 9.97. The molecule has 5 rings (SSSR count). The number of carbonyl (C=O) groups excluding carboxylic acids is 1. The highest BCUT2D eigenvalue weighted by Gasteiger charge is 2.27. The second-order valence-electron chi connectivity index (χ2n) is 10.4. The van der Waals surface area contributed by atoms with Crippen LogP contribution in [-0.2, 0) is 24.4 Å². The molecule has 38 heavy (non-hydrogen) atoms. The Morgan fingerprint density at radius 1 is 0.947 bits per heavy atom. The van der Waals surface area contributed by atoms with Gasteiger partial charge in [0.1, 0.15) is 0 Å². The van der Waals surface area contributed by atoms with E-state index < -0.39 is 0 Å². The molecule has 0 aliphatic carbocycles. The number of hydrogen-bond acceptors (Lipinski definition) is 6. The van der Waals surface area contributed by atoms with E-state index in [-0.39, 0.29) is 11.8 Å². The highest BCUT2D eigenvalue weighted by atomic mass is 35.5. The van der Waals surface area contributed by atoms with Gasteiger partial charge in [-0.25, -0.2) is 0 Å². The predicted molar refractivity (Wildman–Crippen MR) is 150 cm³/mol. The van der Waals surface area contributed by atoms with Crippen molar-refractivity contribution < 1.29 is 9.32 Å². The smallest absolute Gasteiger partial charge is 0.241 e. The van der Waals surface area contributed by atoms with Gasteiger partial charge in [-0.05, 0) is 74.6 Å². The summed E-state index contributed by atoms with van der Waals surface area (Å²) in [6, 6.07) is 13.8. The molecule has 1 amide bonds. The minimum atomic E-state index is -0.0582. The molecule has 0 saturated carbocycles. The van der Waals surface area contributed by atoms with E-state index in [9.17, 15) is 4.79 Å². The number of hydrogen-bond donors (Lipinski definition) is 1. The molecule has 1 atom stereocenters. The summed E-state index contributed by atoms with van der Waals surface area (Å²) in [5, 5.41) is 8.29. The summed E-state index contributed by atoms with van der Waals surface area (Å²) in [6.07, 6.45) is 7.10. The van der Waals surface area contributed by atoms with Gasteiger partial charge in [0, 0.05) is 30.2 Å². The van der Waals surface area contributed by atoms with Crippen LogP contribution < -0.4 is 5.32 Å². The van der Waals surface area contributed by atoms with E-state index in [1.165, 1.54) is 44.3 Å². The molecule has 2 saturated heterocycles. The standard InChI is InChI=1S/C29H35Cl2N5O2/c30-24-10-11-25(26(31)16-24)28-33-27(38-34-28)20-36-14-6-9-23(19-36)29(37)32-17-21-7-5-8-22(15-21)18-35-12-3-1-2-4-13-35/h5,7-8,10-11,15-16,23H,1-4,6,9,12-14,17-20H2,(H,32,37). The van der Waals surface area contributed by atoms with Crippen molar-refractivity contribution in [2.45, 2.75) is 58.2 Å². The summed E-state index contributed by atoms with van der Waals surface area (Å²) in [4.78, 5) is 22.3. The van der Waals surface area contributed by atoms with Gasteiger partial charge in [-0.15, -0.1) is 0 Å². The van der Waals surface area contributed by atoms with Crippen molar-refractivity contribution in [1.82, 2.24) is 25.3 Å². The molecule has 1 N–H and O–H groups in total. The topological polar surface area (TPSA) is 74.5 Å². The quantitative estimate of drug-likeness (QED) is 0.370. The molecule has 9 heteroatoms. The molecule has 2 aliphatic heterocycles. The van der Waals surface area contributed by atoms with Crippen LogP contribution >= 0.6 is 23.2 Å². The van der Waals surface area contributed by atoms with E-state index in [4.69, 9.17) is 27.7 Å². The van der Waals surface area contributed by atoms with Crippen LogP contribution in [-0.4, -0.2) is 52.0 Å². The summed E-state index contributed by atoms with van der Waals surface area (Å²) in [5.74, 6) is 0.989. The summed E-state index contributed by atoms with van der Waals surface area (Å²) in [7, 11) is 0. The van der Waals surface area contributed by atoms with Gasteiger partial charge in [0.25, 0.3) is 0 Å². The van der Waals surface area contributed by atoms with Crippen LogP contribution in [0.3, 0.4) is 0 Å². The molecule has 0 spiro atoms. The van der Waals surface area contributed by atoms with Crippen molar-refractivity contribution in [2.75, 3.05) is 26.2 Å². The van der Waals surface area contributed by atoms with Gasteiger partial charge in [0.15, 0.2) is 0 Å². The number of amides is 1. The number of nitrogens with one attached hydrogen (secondary N) is 1. The minimum absolute atomic E-state index is 0.0582. The molecule has 3 aromatic rings. The highest BCUT2D eigenvalue weighted by Crippen LogP contribution is 2.29. The van der Waals surface area contributed by atoms with Crippen molar-refractivity contribution in [1.29, 1.82) is 0 Å². The first-order valence-electron chi connectivity index (χ1n) is 13.6. The van der Waals surface area contributed by atoms with Crippen LogP contribution in [0.25, 0.3) is 11.4 Å². The Hall–Kier alpha value is -2.45. The number of benzene rings is 2. The second-order valence-corrected chi connectivity index (χ2v) is 11.3. The van der Waals surface area contributed by atoms with E-state index >= 15 is 0 Å². The minimum Gasteiger partial charge on any atom is -0.352 e. The Labute approximate surface area is 234 Å². The van der Waals surface area contributed by atoms with Gasteiger partial charge < -0.3 is 9.84 Å². The average molecular weight is 557 g/mol. The van der Waals surface area contributed by atoms with E-state index in [1.807, 2.05) is 0 Å². The van der Waals surface area contributed by atoms with Crippen LogP contribution in [0.2, 0.25) is 10.0 Å². The van der Waals surface area contributed by atoms with Gasteiger partial charge in [-0.3, -0.25) is 14.6 Å². The number of halogens is 2. The first-order chi connectivity index (χ1) is 18.5. The average Bonchev–Trinajstić information content (AvgIpc) is 3.21. The lowest BCUT2D eigenvalue weighted by molar-refractivity contribution is -0.127. The molecule has 0 radical (unpaired) electrons. The van der Waals surface area contributed by atoms with Crippen molar-refractivity contribution in [3.05, 3.63) is 69.5 Å². The predicted octanol–water partition coefficient (Wildman–Crippen LogP) is 5.95. The molecule has 7 nitrogen and oxygen atoms in total. The maximum Gasteiger partial charge on any atom is 0.241 e. The number of piperidine rings is 1. The maximum atomic E-state index is 13.0. The number of carbonyl (C=O) groups is 1. The molecule has 2 aliphatic rings. The van der Waals surface area contributed by atoms with Gasteiger partial charge in [-0.1, -0.05) is 65.5 Å². The molecule has 2 fully saturated rings. The lowest BCUT2D eigenvalue weighted by Gasteiger charge is -2.30. The van der Waals surface area contributed by atoms with Crippen LogP contribution in [0.15, 0.2) is 47.0 Å². The van der Waals surface area contributed by atoms with Crippen molar-refractivity contribution in [3.63, 3.8) is 0 Å². The third kappa shape index (κ3) is 7.35. The van der Waals surface area contributed by atoms with Crippen LogP contribution in [0.1, 0.15) is 55.5 Å². The molecule has 2 aromatic carbocycles. The zero-order valence-corrected chi connectivity index (χ0v) is 23.2. The fourth-order valence-corrected chi connectivity index (χ4v) is 5.92. The van der Waals surface area contributed by atoms with Crippen LogP contribution in [0.4, 0.5) is 0 Å². The summed E-state index contributed by atoms with van der Waals surface area (Å²) < 4.78 is 5.48. The number of aromatic nitrogens is 2. The number of likely N-dealkylation sites (tertiary alicyclic amines) is 2. The van der Waals surface area contributed by atoms with Crippen LogP contribution in [0, 0.1) is 5.92 Å². The molecule has 202 valence electrons. The summed E-state index contributed by atoms with van der Waals surface area (Å²) in [5.41, 5.74) is 3.15. The SMILES string of the molecule is O=C(NCc1cccc(CN2CCCCCC2)c1)C1CCCN(Cc2nc(-c3ccc(Cl)cc3Cl)no2)C1. The summed E-state index contributed by atoms with van der Waals surface area (Å²) in [6.45, 7) is 5.96. The molecule has 0 bridgehead atoms. The van der Waals surface area contributed by atoms with Gasteiger partial charge in [-0.2, -0.15) is 4.98 Å². The van der Waals surface area contributed by atoms with Gasteiger partial charge in [0.05, 0.1) is 17.5 Å². The Kier molecular flexibility index (Phi) is 9.33. The monoisotopic (exact) mass is 555 g/mol. The zero-order valence-electron chi connectivity index (χ0n) is 21.7. The third-order valence-corrected chi connectivity index (χ3v) is 7.99. The summed E-state index contributed by atoms with van der Waals surface area (Å²) >= 11 is 12.3. The fourth-order valence-electron chi connectivity index (χ4n) is 5.43. The van der Waals surface area contributed by atoms with Gasteiger partial charge >= 0.3 is 0 Å². The largest absolute Gasteiger partial charge is 0.352 e. The molecule has 1 aromatic heterocycles. The molecular weight excluding hydrogens is 521 g/mol. The van der Waals surface area contributed by atoms with E-state index in [1.54, 1.807) is 18.2 Å². The Morgan fingerprint density at radius 3 is 2.55 bits per heavy atom.